The van der Waals surface area contributed by atoms with Gasteiger partial charge in [0.1, 0.15) is 0 Å². The van der Waals surface area contributed by atoms with Gasteiger partial charge in [-0.15, -0.1) is 24.8 Å². The van der Waals surface area contributed by atoms with Gasteiger partial charge in [0.05, 0.1) is 11.5 Å². The van der Waals surface area contributed by atoms with Crippen molar-refractivity contribution in [2.24, 2.45) is 0 Å². The van der Waals surface area contributed by atoms with Gasteiger partial charge < -0.3 is 10.2 Å². The molecule has 0 heterocycles. The molecule has 0 aromatic rings. The molecule has 0 rings (SSSR count). The zero-order valence-electron chi connectivity index (χ0n) is 5.84. The monoisotopic (exact) mass is 256 g/mol. The number of thiol groups is 2. The number of hydrogen-bond donors (Lipinski definition) is 4. The molecule has 0 saturated heterocycles. The number of hydrogen-bond acceptors (Lipinski definition) is 4. The summed E-state index contributed by atoms with van der Waals surface area (Å²) in [6, 6.07) is 0. The van der Waals surface area contributed by atoms with E-state index in [4.69, 9.17) is 10.2 Å². The molecule has 0 saturated carbocycles. The highest BCUT2D eigenvalue weighted by Gasteiger charge is 1.82. The summed E-state index contributed by atoms with van der Waals surface area (Å²) in [4.78, 5) is 18.6. The van der Waals surface area contributed by atoms with E-state index >= 15 is 0 Å². The van der Waals surface area contributed by atoms with E-state index in [1.165, 1.54) is 0 Å². The van der Waals surface area contributed by atoms with E-state index in [-0.39, 0.29) is 36.3 Å². The Labute approximate surface area is 93.4 Å². The van der Waals surface area contributed by atoms with Crippen LogP contribution in [0.15, 0.2) is 0 Å². The summed E-state index contributed by atoms with van der Waals surface area (Å²) in [5.74, 6) is -1.93. The minimum absolute atomic E-state index is 0. The molecule has 0 spiro atoms. The maximum absolute atomic E-state index is 9.29. The van der Waals surface area contributed by atoms with Gasteiger partial charge in [0.25, 0.3) is 0 Å². The van der Waals surface area contributed by atoms with E-state index in [0.29, 0.717) is 0 Å². The van der Waals surface area contributed by atoms with Gasteiger partial charge in [0, 0.05) is 0 Å². The third-order valence-corrected chi connectivity index (χ3v) is 0.812. The lowest BCUT2D eigenvalue weighted by molar-refractivity contribution is -0.134. The highest BCUT2D eigenvalue weighted by molar-refractivity contribution is 7.81. The molecule has 0 atom stereocenters. The Hall–Kier alpha value is 0.220. The Kier molecular flexibility index (Phi) is 32.9. The summed E-state index contributed by atoms with van der Waals surface area (Å²) in [5, 5.41) is 15.3. The van der Waals surface area contributed by atoms with Crippen molar-refractivity contribution in [3.05, 3.63) is 0 Å². The molecule has 0 bridgehead atoms. The van der Waals surface area contributed by atoms with Gasteiger partial charge in [0.2, 0.25) is 0 Å². The lowest BCUT2D eigenvalue weighted by atomic mass is 10.8. The van der Waals surface area contributed by atoms with Gasteiger partial charge in [-0.2, -0.15) is 25.3 Å². The second kappa shape index (κ2) is 17.3. The van der Waals surface area contributed by atoms with Crippen LogP contribution in [0.3, 0.4) is 0 Å². The van der Waals surface area contributed by atoms with Gasteiger partial charge in [-0.3, -0.25) is 9.59 Å². The SMILES string of the molecule is Cl.Cl.O=C(O)CS.O=C(O)CS. The molecular weight excluding hydrogens is 247 g/mol. The van der Waals surface area contributed by atoms with Crippen LogP contribution in [0, 0.1) is 0 Å². The summed E-state index contributed by atoms with van der Waals surface area (Å²) in [7, 11) is 0. The first-order chi connectivity index (χ1) is 4.54. The average molecular weight is 257 g/mol. The van der Waals surface area contributed by atoms with Crippen LogP contribution in [-0.2, 0) is 9.59 Å². The lowest BCUT2D eigenvalue weighted by Crippen LogP contribution is -1.92. The second-order valence-electron chi connectivity index (χ2n) is 1.10. The Morgan fingerprint density at radius 1 is 0.917 bits per heavy atom. The molecule has 0 radical (unpaired) electrons. The first-order valence-electron chi connectivity index (χ1n) is 2.20. The standard InChI is InChI=1S/2C2H4O2S.2ClH/c2*3-2(4)1-5;;/h2*5H,1H2,(H,3,4);2*1H. The molecule has 0 aliphatic rings. The molecular formula is C4H10Cl2O4S2. The van der Waals surface area contributed by atoms with E-state index in [1.54, 1.807) is 0 Å². The van der Waals surface area contributed by atoms with Crippen molar-refractivity contribution < 1.29 is 19.8 Å². The third-order valence-electron chi connectivity index (χ3n) is 0.271. The summed E-state index contributed by atoms with van der Waals surface area (Å²) < 4.78 is 0. The van der Waals surface area contributed by atoms with Crippen LogP contribution in [-0.4, -0.2) is 33.7 Å². The molecule has 0 aliphatic heterocycles. The fraction of sp³-hybridized carbons (Fsp3) is 0.500. The smallest absolute Gasteiger partial charge is 0.313 e. The first kappa shape index (κ1) is 22.8. The summed E-state index contributed by atoms with van der Waals surface area (Å²) in [6.07, 6.45) is 0. The maximum Gasteiger partial charge on any atom is 0.313 e. The molecule has 0 aromatic heterocycles. The molecule has 0 fully saturated rings. The third kappa shape index (κ3) is 48.8. The summed E-state index contributed by atoms with van der Waals surface area (Å²) >= 11 is 6.83. The molecule has 76 valence electrons. The van der Waals surface area contributed by atoms with Gasteiger partial charge in [-0.25, -0.2) is 0 Å². The van der Waals surface area contributed by atoms with Crippen LogP contribution in [0.25, 0.3) is 0 Å². The predicted molar refractivity (Wildman–Crippen MR) is 57.5 cm³/mol. The minimum Gasteiger partial charge on any atom is -0.481 e. The van der Waals surface area contributed by atoms with E-state index in [9.17, 15) is 9.59 Å². The minimum atomic E-state index is -0.881. The molecule has 8 heteroatoms. The van der Waals surface area contributed by atoms with Crippen LogP contribution in [0.2, 0.25) is 0 Å². The van der Waals surface area contributed by atoms with Crippen LogP contribution in [0.5, 0.6) is 0 Å². The van der Waals surface area contributed by atoms with Crippen LogP contribution >= 0.6 is 50.1 Å². The molecule has 0 unspecified atom stereocenters. The maximum atomic E-state index is 9.29. The fourth-order valence-electron chi connectivity index (χ4n) is 0. The highest BCUT2D eigenvalue weighted by atomic mass is 35.5. The van der Waals surface area contributed by atoms with Crippen molar-refractivity contribution in [1.29, 1.82) is 0 Å². The van der Waals surface area contributed by atoms with E-state index in [2.05, 4.69) is 25.3 Å². The van der Waals surface area contributed by atoms with Crippen LogP contribution < -0.4 is 0 Å². The Bertz CT molecular complexity index is 108. The topological polar surface area (TPSA) is 74.6 Å². The second-order valence-corrected chi connectivity index (χ2v) is 1.74. The van der Waals surface area contributed by atoms with Crippen molar-refractivity contribution in [2.75, 3.05) is 11.5 Å². The first-order valence-corrected chi connectivity index (χ1v) is 3.46. The van der Waals surface area contributed by atoms with Crippen molar-refractivity contribution in [2.45, 2.75) is 0 Å². The quantitative estimate of drug-likeness (QED) is 0.553. The molecule has 0 aliphatic carbocycles. The van der Waals surface area contributed by atoms with Gasteiger partial charge >= 0.3 is 11.9 Å². The highest BCUT2D eigenvalue weighted by Crippen LogP contribution is 1.66. The Balaban J connectivity index is -0.0000000457. The average Bonchev–Trinajstić information content (AvgIpc) is 1.89. The number of carboxylic acids is 2. The van der Waals surface area contributed by atoms with Crippen molar-refractivity contribution in [3.8, 4) is 0 Å². The number of rotatable bonds is 2. The summed E-state index contributed by atoms with van der Waals surface area (Å²) in [6.45, 7) is 0. The normalized spacial score (nSPS) is 6.17. The predicted octanol–water partition coefficient (Wildman–Crippen LogP) is 0.845. The van der Waals surface area contributed by atoms with E-state index in [0.717, 1.165) is 0 Å². The van der Waals surface area contributed by atoms with Crippen molar-refractivity contribution in [3.63, 3.8) is 0 Å². The van der Waals surface area contributed by atoms with Crippen molar-refractivity contribution in [1.82, 2.24) is 0 Å². The number of halogens is 2. The molecule has 2 N–H and O–H groups in total. The fourth-order valence-corrected chi connectivity index (χ4v) is 0. The Morgan fingerprint density at radius 3 is 1.00 bits per heavy atom. The van der Waals surface area contributed by atoms with Gasteiger partial charge in [-0.1, -0.05) is 0 Å². The largest absolute Gasteiger partial charge is 0.481 e. The van der Waals surface area contributed by atoms with Crippen molar-refractivity contribution >= 4 is 62.0 Å². The van der Waals surface area contributed by atoms with E-state index in [1.807, 2.05) is 0 Å². The van der Waals surface area contributed by atoms with Gasteiger partial charge in [0.15, 0.2) is 0 Å². The zero-order chi connectivity index (χ0) is 8.57. The number of carboxylic acid groups (broad SMARTS) is 2. The van der Waals surface area contributed by atoms with Crippen LogP contribution in [0.1, 0.15) is 0 Å². The van der Waals surface area contributed by atoms with Gasteiger partial charge in [-0.05, 0) is 0 Å². The molecule has 0 aromatic carbocycles. The lowest BCUT2D eigenvalue weighted by Gasteiger charge is -1.71. The van der Waals surface area contributed by atoms with Crippen LogP contribution in [0.4, 0.5) is 0 Å². The summed E-state index contributed by atoms with van der Waals surface area (Å²) in [5.41, 5.74) is 0. The molecule has 4 nitrogen and oxygen atoms in total. The van der Waals surface area contributed by atoms with E-state index < -0.39 is 11.9 Å². The Morgan fingerprint density at radius 2 is 1.00 bits per heavy atom. The molecule has 12 heavy (non-hydrogen) atoms. The number of aliphatic carboxylic acids is 2. The zero-order valence-corrected chi connectivity index (χ0v) is 9.26. The molecule has 0 amide bonds. The number of carbonyl (C=O) groups is 2.